The van der Waals surface area contributed by atoms with E-state index in [1.165, 1.54) is 12.5 Å². The molecular weight excluding hydrogens is 344 g/mol. The number of carbonyl (C=O) groups is 3. The lowest BCUT2D eigenvalue weighted by Gasteiger charge is -2.30. The summed E-state index contributed by atoms with van der Waals surface area (Å²) in [5, 5.41) is 0. The molecule has 0 fully saturated rings. The van der Waals surface area contributed by atoms with Gasteiger partial charge in [-0.15, -0.1) is 0 Å². The average Bonchev–Trinajstić information content (AvgIpc) is 2.94. The maximum atomic E-state index is 12.4. The highest BCUT2D eigenvalue weighted by Gasteiger charge is 2.21. The van der Waals surface area contributed by atoms with E-state index in [0.29, 0.717) is 16.8 Å². The fraction of sp³-hybridized carbons (Fsp3) is 0.350. The van der Waals surface area contributed by atoms with Crippen LogP contribution in [0.15, 0.2) is 24.3 Å². The van der Waals surface area contributed by atoms with Crippen LogP contribution in [0.4, 0.5) is 5.69 Å². The van der Waals surface area contributed by atoms with Crippen LogP contribution >= 0.6 is 0 Å². The summed E-state index contributed by atoms with van der Waals surface area (Å²) >= 11 is 0. The van der Waals surface area contributed by atoms with E-state index >= 15 is 0 Å². The number of hydrogen-bond donors (Lipinski definition) is 3. The molecule has 1 aromatic carbocycles. The number of carbonyl (C=O) groups excluding carboxylic acids is 3. The van der Waals surface area contributed by atoms with Gasteiger partial charge in [-0.1, -0.05) is 18.2 Å². The lowest BCUT2D eigenvalue weighted by atomic mass is 10.0. The van der Waals surface area contributed by atoms with Crippen LogP contribution in [0, 0.1) is 13.8 Å². The van der Waals surface area contributed by atoms with E-state index < -0.39 is 5.91 Å². The lowest BCUT2D eigenvalue weighted by Crippen LogP contribution is -2.47. The second kappa shape index (κ2) is 7.65. The Bertz CT molecular complexity index is 901. The number of rotatable bonds is 4. The zero-order chi connectivity index (χ0) is 19.6. The molecule has 27 heavy (non-hydrogen) atoms. The second-order valence-electron chi connectivity index (χ2n) is 6.84. The first-order valence-corrected chi connectivity index (χ1v) is 9.00. The fourth-order valence-electron chi connectivity index (χ4n) is 3.68. The summed E-state index contributed by atoms with van der Waals surface area (Å²) in [4.78, 5) is 41.3. The van der Waals surface area contributed by atoms with Crippen LogP contribution < -0.4 is 15.8 Å². The number of aromatic amines is 1. The second-order valence-corrected chi connectivity index (χ2v) is 6.84. The van der Waals surface area contributed by atoms with Crippen molar-refractivity contribution in [3.63, 3.8) is 0 Å². The van der Waals surface area contributed by atoms with Gasteiger partial charge in [0.2, 0.25) is 0 Å². The number of aromatic nitrogens is 1. The minimum Gasteiger partial charge on any atom is -0.362 e. The van der Waals surface area contributed by atoms with Gasteiger partial charge in [0.15, 0.2) is 5.78 Å². The molecule has 0 bridgehead atoms. The molecule has 142 valence electrons. The molecule has 3 N–H and O–H groups in total. The minimum absolute atomic E-state index is 0.104. The highest BCUT2D eigenvalue weighted by atomic mass is 16.2. The molecule has 2 aromatic rings. The largest absolute Gasteiger partial charge is 0.362 e. The van der Waals surface area contributed by atoms with Crippen LogP contribution in [0.5, 0.6) is 0 Å². The molecule has 0 atom stereocenters. The molecule has 0 aliphatic carbocycles. The minimum atomic E-state index is -0.476. The monoisotopic (exact) mass is 368 g/mol. The maximum Gasteiger partial charge on any atom is 0.286 e. The number of para-hydroxylation sites is 1. The molecule has 1 aliphatic rings. The fourth-order valence-corrected chi connectivity index (χ4v) is 3.68. The van der Waals surface area contributed by atoms with Gasteiger partial charge in [-0.05, 0) is 50.8 Å². The van der Waals surface area contributed by atoms with Crippen LogP contribution in [-0.2, 0) is 11.2 Å². The first kappa shape index (κ1) is 18.7. The van der Waals surface area contributed by atoms with E-state index in [9.17, 15) is 14.4 Å². The third-order valence-electron chi connectivity index (χ3n) is 4.87. The van der Waals surface area contributed by atoms with E-state index in [1.807, 2.05) is 23.1 Å². The Morgan fingerprint density at radius 1 is 1.15 bits per heavy atom. The third kappa shape index (κ3) is 3.86. The Morgan fingerprint density at radius 3 is 2.59 bits per heavy atom. The maximum absolute atomic E-state index is 12.4. The molecule has 7 nitrogen and oxygen atoms in total. The molecule has 0 saturated heterocycles. The number of H-pyrrole nitrogens is 1. The quantitative estimate of drug-likeness (QED) is 0.569. The molecule has 0 saturated carbocycles. The van der Waals surface area contributed by atoms with Gasteiger partial charge in [0, 0.05) is 23.5 Å². The Balaban J connectivity index is 1.61. The smallest absolute Gasteiger partial charge is 0.286 e. The summed E-state index contributed by atoms with van der Waals surface area (Å²) in [5.41, 5.74) is 9.19. The molecule has 7 heteroatoms. The van der Waals surface area contributed by atoms with Gasteiger partial charge in [0.25, 0.3) is 11.8 Å². The number of benzene rings is 1. The van der Waals surface area contributed by atoms with Crippen LogP contribution in [0.3, 0.4) is 0 Å². The van der Waals surface area contributed by atoms with Gasteiger partial charge < -0.3 is 9.88 Å². The zero-order valence-electron chi connectivity index (χ0n) is 15.8. The summed E-state index contributed by atoms with van der Waals surface area (Å²) in [6, 6.07) is 8.04. The number of amides is 2. The Morgan fingerprint density at radius 2 is 1.89 bits per heavy atom. The van der Waals surface area contributed by atoms with Crippen molar-refractivity contribution < 1.29 is 14.4 Å². The number of nitrogens with zero attached hydrogens (tertiary/aromatic N) is 1. The van der Waals surface area contributed by atoms with Gasteiger partial charge in [0.1, 0.15) is 5.69 Å². The lowest BCUT2D eigenvalue weighted by molar-refractivity contribution is -0.120. The van der Waals surface area contributed by atoms with Gasteiger partial charge in [-0.2, -0.15) is 0 Å². The number of nitrogens with one attached hydrogen (secondary N) is 3. The number of anilines is 1. The SMILES string of the molecule is CC(=O)c1c(C)[nH]c(C(=O)NNC(=O)CN2CCCc3ccccc32)c1C. The summed E-state index contributed by atoms with van der Waals surface area (Å²) in [7, 11) is 0. The number of fused-ring (bicyclic) bond motifs is 1. The van der Waals surface area contributed by atoms with Crippen molar-refractivity contribution in [1.29, 1.82) is 0 Å². The van der Waals surface area contributed by atoms with Crippen molar-refractivity contribution in [2.75, 3.05) is 18.0 Å². The summed E-state index contributed by atoms with van der Waals surface area (Å²) in [6.45, 7) is 5.88. The Labute approximate surface area is 158 Å². The van der Waals surface area contributed by atoms with Crippen LogP contribution in [0.2, 0.25) is 0 Å². The van der Waals surface area contributed by atoms with E-state index in [-0.39, 0.29) is 23.9 Å². The normalized spacial score (nSPS) is 13.1. The predicted octanol–water partition coefficient (Wildman–Crippen LogP) is 2.05. The summed E-state index contributed by atoms with van der Waals surface area (Å²) < 4.78 is 0. The molecule has 1 aromatic heterocycles. The molecule has 0 spiro atoms. The molecule has 3 rings (SSSR count). The van der Waals surface area contributed by atoms with E-state index in [1.54, 1.807) is 13.8 Å². The van der Waals surface area contributed by atoms with Crippen molar-refractivity contribution in [3.8, 4) is 0 Å². The van der Waals surface area contributed by atoms with Crippen molar-refractivity contribution in [3.05, 3.63) is 52.3 Å². The summed E-state index contributed by atoms with van der Waals surface area (Å²) in [5.74, 6) is -0.878. The van der Waals surface area contributed by atoms with Crippen molar-refractivity contribution in [2.24, 2.45) is 0 Å². The summed E-state index contributed by atoms with van der Waals surface area (Å²) in [6.07, 6.45) is 2.00. The zero-order valence-corrected chi connectivity index (χ0v) is 15.8. The molecule has 1 aliphatic heterocycles. The molecule has 0 unspecified atom stereocenters. The van der Waals surface area contributed by atoms with Crippen molar-refractivity contribution >= 4 is 23.3 Å². The Hall–Kier alpha value is -3.09. The van der Waals surface area contributed by atoms with E-state index in [0.717, 1.165) is 25.1 Å². The highest BCUT2D eigenvalue weighted by Crippen LogP contribution is 2.26. The molecule has 2 amide bonds. The number of hydrogen-bond acceptors (Lipinski definition) is 4. The first-order valence-electron chi connectivity index (χ1n) is 9.00. The molecule has 0 radical (unpaired) electrons. The average molecular weight is 368 g/mol. The topological polar surface area (TPSA) is 94.3 Å². The first-order chi connectivity index (χ1) is 12.9. The standard InChI is InChI=1S/C20H24N4O3/c1-12-18(14(3)25)13(2)21-19(12)20(27)23-22-17(26)11-24-10-6-8-15-7-4-5-9-16(15)24/h4-5,7,9,21H,6,8,10-11H2,1-3H3,(H,22,26)(H,23,27). The van der Waals surface area contributed by atoms with Crippen molar-refractivity contribution in [1.82, 2.24) is 15.8 Å². The Kier molecular flexibility index (Phi) is 5.30. The molecule has 2 heterocycles. The number of Topliss-reactive ketones (excluding diaryl/α,β-unsaturated/α-hetero) is 1. The van der Waals surface area contributed by atoms with E-state index in [4.69, 9.17) is 0 Å². The number of ketones is 1. The molecular formula is C20H24N4O3. The highest BCUT2D eigenvalue weighted by molar-refractivity contribution is 6.02. The predicted molar refractivity (Wildman–Crippen MR) is 103 cm³/mol. The van der Waals surface area contributed by atoms with Crippen LogP contribution in [0.1, 0.15) is 51.0 Å². The van der Waals surface area contributed by atoms with Gasteiger partial charge >= 0.3 is 0 Å². The number of aryl methyl sites for hydroxylation is 2. The van der Waals surface area contributed by atoms with Gasteiger partial charge in [-0.25, -0.2) is 0 Å². The van der Waals surface area contributed by atoms with Crippen LogP contribution in [-0.4, -0.2) is 35.7 Å². The van der Waals surface area contributed by atoms with E-state index in [2.05, 4.69) is 21.9 Å². The van der Waals surface area contributed by atoms with Crippen LogP contribution in [0.25, 0.3) is 0 Å². The third-order valence-corrected chi connectivity index (χ3v) is 4.87. The van der Waals surface area contributed by atoms with Gasteiger partial charge in [0.05, 0.1) is 6.54 Å². The van der Waals surface area contributed by atoms with Gasteiger partial charge in [-0.3, -0.25) is 25.2 Å². The number of hydrazine groups is 1. The van der Waals surface area contributed by atoms with Crippen molar-refractivity contribution in [2.45, 2.75) is 33.6 Å².